The molecular formula is C54H104O6. The monoisotopic (exact) mass is 849 g/mol. The van der Waals surface area contributed by atoms with E-state index in [9.17, 15) is 14.4 Å². The third-order valence-corrected chi connectivity index (χ3v) is 12.4. The first-order valence-corrected chi connectivity index (χ1v) is 27.0. The summed E-state index contributed by atoms with van der Waals surface area (Å²) in [4.78, 5) is 38.8. The first-order valence-electron chi connectivity index (χ1n) is 27.0. The smallest absolute Gasteiger partial charge is 0.306 e. The normalized spacial score (nSPS) is 12.4. The summed E-state index contributed by atoms with van der Waals surface area (Å²) >= 11 is 0. The quantitative estimate of drug-likeness (QED) is 0.0345. The Balaban J connectivity index is 5.01. The summed E-state index contributed by atoms with van der Waals surface area (Å²) in [6.07, 6.45) is 48.6. The molecule has 0 aromatic heterocycles. The zero-order valence-electron chi connectivity index (χ0n) is 40.9. The Morgan fingerprint density at radius 2 is 0.517 bits per heavy atom. The summed E-state index contributed by atoms with van der Waals surface area (Å²) in [5.74, 6) is -0.332. The second kappa shape index (κ2) is 48.4. The molecule has 60 heavy (non-hydrogen) atoms. The van der Waals surface area contributed by atoms with Gasteiger partial charge in [0, 0.05) is 19.3 Å². The van der Waals surface area contributed by atoms with E-state index in [4.69, 9.17) is 14.2 Å². The lowest BCUT2D eigenvalue weighted by atomic mass is 9.98. The van der Waals surface area contributed by atoms with Crippen LogP contribution >= 0.6 is 0 Å². The third-order valence-electron chi connectivity index (χ3n) is 12.4. The molecular weight excluding hydrogens is 745 g/mol. The average molecular weight is 849 g/mol. The van der Waals surface area contributed by atoms with Gasteiger partial charge in [0.25, 0.3) is 0 Å². The molecule has 2 atom stereocenters. The van der Waals surface area contributed by atoms with Gasteiger partial charge >= 0.3 is 17.9 Å². The van der Waals surface area contributed by atoms with Gasteiger partial charge in [0.15, 0.2) is 0 Å². The maximum Gasteiger partial charge on any atom is 0.306 e. The Bertz CT molecular complexity index is 905. The molecule has 0 aliphatic heterocycles. The Labute approximate surface area is 374 Å². The number of hydrogen-bond acceptors (Lipinski definition) is 6. The van der Waals surface area contributed by atoms with Crippen molar-refractivity contribution in [3.8, 4) is 0 Å². The molecule has 356 valence electrons. The summed E-state index contributed by atoms with van der Waals surface area (Å²) in [7, 11) is 0. The van der Waals surface area contributed by atoms with E-state index in [0.29, 0.717) is 25.9 Å². The van der Waals surface area contributed by atoms with Gasteiger partial charge in [-0.25, -0.2) is 0 Å². The summed E-state index contributed by atoms with van der Waals surface area (Å²) in [5.41, 5.74) is 0. The predicted molar refractivity (Wildman–Crippen MR) is 257 cm³/mol. The zero-order valence-corrected chi connectivity index (χ0v) is 40.9. The molecule has 0 fully saturated rings. The van der Waals surface area contributed by atoms with Crippen LogP contribution in [-0.2, 0) is 28.6 Å². The number of unbranched alkanes of at least 4 members (excludes halogenated alkanes) is 34. The van der Waals surface area contributed by atoms with Gasteiger partial charge < -0.3 is 14.2 Å². The minimum atomic E-state index is -0.390. The number of carbonyl (C=O) groups excluding carboxylic acids is 3. The van der Waals surface area contributed by atoms with E-state index in [-0.39, 0.29) is 30.1 Å². The van der Waals surface area contributed by atoms with Crippen LogP contribution in [0.15, 0.2) is 0 Å². The molecule has 0 amide bonds. The molecule has 0 aliphatic carbocycles. The molecule has 6 heteroatoms. The van der Waals surface area contributed by atoms with Gasteiger partial charge in [0.2, 0.25) is 0 Å². The largest absolute Gasteiger partial charge is 0.466 e. The fraction of sp³-hybridized carbons (Fsp3) is 0.944. The van der Waals surface area contributed by atoms with Crippen LogP contribution in [0.4, 0.5) is 0 Å². The topological polar surface area (TPSA) is 78.9 Å². The fourth-order valence-electron chi connectivity index (χ4n) is 8.38. The van der Waals surface area contributed by atoms with E-state index < -0.39 is 0 Å². The van der Waals surface area contributed by atoms with Gasteiger partial charge in [-0.05, 0) is 51.4 Å². The van der Waals surface area contributed by atoms with Crippen LogP contribution in [0.25, 0.3) is 0 Å². The van der Waals surface area contributed by atoms with Crippen LogP contribution in [0.1, 0.15) is 310 Å². The van der Waals surface area contributed by atoms with E-state index in [1.54, 1.807) is 0 Å². The molecule has 0 saturated heterocycles. The van der Waals surface area contributed by atoms with Crippen molar-refractivity contribution in [3.63, 3.8) is 0 Å². The molecule has 0 saturated carbocycles. The average Bonchev–Trinajstić information content (AvgIpc) is 3.24. The van der Waals surface area contributed by atoms with E-state index in [2.05, 4.69) is 27.7 Å². The first kappa shape index (κ1) is 58.4. The second-order valence-electron chi connectivity index (χ2n) is 18.5. The lowest BCUT2D eigenvalue weighted by Crippen LogP contribution is -2.35. The Kier molecular flexibility index (Phi) is 47.2. The minimum absolute atomic E-state index is 0.0688. The van der Waals surface area contributed by atoms with E-state index in [0.717, 1.165) is 96.3 Å². The van der Waals surface area contributed by atoms with E-state index >= 15 is 0 Å². The minimum Gasteiger partial charge on any atom is -0.466 e. The van der Waals surface area contributed by atoms with Crippen LogP contribution < -0.4 is 0 Å². The van der Waals surface area contributed by atoms with Crippen molar-refractivity contribution in [3.05, 3.63) is 0 Å². The lowest BCUT2D eigenvalue weighted by Gasteiger charge is -2.27. The van der Waals surface area contributed by atoms with Crippen molar-refractivity contribution in [1.29, 1.82) is 0 Å². The van der Waals surface area contributed by atoms with Crippen molar-refractivity contribution in [2.24, 2.45) is 0 Å². The number of carbonyl (C=O) groups is 3. The molecule has 0 rings (SSSR count). The summed E-state index contributed by atoms with van der Waals surface area (Å²) in [6.45, 7) is 9.55. The first-order chi connectivity index (χ1) is 29.5. The second-order valence-corrected chi connectivity index (χ2v) is 18.5. The summed E-state index contributed by atoms with van der Waals surface area (Å²) in [6, 6.07) is 0. The zero-order chi connectivity index (χ0) is 43.8. The molecule has 0 heterocycles. The van der Waals surface area contributed by atoms with Crippen LogP contribution in [0, 0.1) is 0 Å². The van der Waals surface area contributed by atoms with Crippen LogP contribution in [0.3, 0.4) is 0 Å². The molecule has 0 bridgehead atoms. The maximum absolute atomic E-state index is 13.3. The van der Waals surface area contributed by atoms with E-state index in [1.165, 1.54) is 167 Å². The van der Waals surface area contributed by atoms with Crippen LogP contribution in [0.2, 0.25) is 0 Å². The van der Waals surface area contributed by atoms with Crippen molar-refractivity contribution in [2.45, 2.75) is 322 Å². The molecule has 0 aliphatic rings. The molecule has 0 aromatic carbocycles. The summed E-state index contributed by atoms with van der Waals surface area (Å²) < 4.78 is 18.0. The fourth-order valence-corrected chi connectivity index (χ4v) is 8.38. The third kappa shape index (κ3) is 43.1. The van der Waals surface area contributed by atoms with Gasteiger partial charge in [-0.3, -0.25) is 14.4 Å². The highest BCUT2D eigenvalue weighted by atomic mass is 16.6. The highest BCUT2D eigenvalue weighted by Crippen LogP contribution is 2.23. The van der Waals surface area contributed by atoms with Crippen molar-refractivity contribution < 1.29 is 28.6 Å². The van der Waals surface area contributed by atoms with Crippen LogP contribution in [0.5, 0.6) is 0 Å². The predicted octanol–water partition coefficient (Wildman–Crippen LogP) is 17.6. The summed E-state index contributed by atoms with van der Waals surface area (Å²) in [5, 5.41) is 0. The number of rotatable bonds is 49. The van der Waals surface area contributed by atoms with Gasteiger partial charge in [-0.15, -0.1) is 0 Å². The van der Waals surface area contributed by atoms with Gasteiger partial charge in [-0.2, -0.15) is 0 Å². The van der Waals surface area contributed by atoms with Crippen molar-refractivity contribution >= 4 is 17.9 Å². The van der Waals surface area contributed by atoms with Crippen LogP contribution in [-0.4, -0.2) is 36.7 Å². The Morgan fingerprint density at radius 1 is 0.283 bits per heavy atom. The van der Waals surface area contributed by atoms with Gasteiger partial charge in [0.1, 0.15) is 12.2 Å². The molecule has 0 N–H and O–H groups in total. The molecule has 6 nitrogen and oxygen atoms in total. The van der Waals surface area contributed by atoms with E-state index in [1.807, 2.05) is 0 Å². The van der Waals surface area contributed by atoms with Gasteiger partial charge in [-0.1, -0.05) is 240 Å². The molecule has 0 radical (unpaired) electrons. The molecule has 0 aromatic rings. The number of ether oxygens (including phenoxy) is 3. The standard InChI is InChI=1S/C54H104O6/c1-5-9-13-17-21-23-24-25-26-28-30-35-42-48-53(56)59-50(44-38-32-19-15-11-7-3)51(60-54(57)47-41-34-29-27-22-18-14-10-6-2)45-39-33-31-36-40-46-52(55)58-49-43-37-20-16-12-8-4/h50-51H,5-49H2,1-4H3. The SMILES string of the molecule is CCCCCCCCCCCCCCCC(=O)OC(CCCCCCCC)C(CCCCCCCC(=O)OCCCCCCCC)OC(=O)CCCCCCCCCCC. The Morgan fingerprint density at radius 3 is 0.817 bits per heavy atom. The lowest BCUT2D eigenvalue weighted by molar-refractivity contribution is -0.169. The number of hydrogen-bond donors (Lipinski definition) is 0. The van der Waals surface area contributed by atoms with Gasteiger partial charge in [0.05, 0.1) is 6.61 Å². The van der Waals surface area contributed by atoms with Crippen molar-refractivity contribution in [2.75, 3.05) is 6.61 Å². The highest BCUT2D eigenvalue weighted by molar-refractivity contribution is 5.70. The molecule has 2 unspecified atom stereocenters. The highest BCUT2D eigenvalue weighted by Gasteiger charge is 2.28. The van der Waals surface area contributed by atoms with Crippen molar-refractivity contribution in [1.82, 2.24) is 0 Å². The Hall–Kier alpha value is -1.59. The number of esters is 3. The molecule has 0 spiro atoms. The maximum atomic E-state index is 13.3.